The van der Waals surface area contributed by atoms with E-state index in [1.54, 1.807) is 24.2 Å². The lowest BCUT2D eigenvalue weighted by molar-refractivity contribution is -0.129. The number of carbonyl (C=O) groups is 1. The Morgan fingerprint density at radius 1 is 1.42 bits per heavy atom. The van der Waals surface area contributed by atoms with Crippen LogP contribution in [0.1, 0.15) is 5.56 Å². The van der Waals surface area contributed by atoms with Crippen LogP contribution in [0.15, 0.2) is 28.7 Å². The number of halogens is 1. The zero-order chi connectivity index (χ0) is 13.7. The van der Waals surface area contributed by atoms with Crippen LogP contribution in [0.4, 0.5) is 0 Å². The van der Waals surface area contributed by atoms with Gasteiger partial charge in [0.15, 0.2) is 0 Å². The third kappa shape index (κ3) is 3.81. The molecule has 0 saturated carbocycles. The average Bonchev–Trinajstić information content (AvgIpc) is 2.46. The van der Waals surface area contributed by atoms with Crippen molar-refractivity contribution in [2.24, 2.45) is 0 Å². The van der Waals surface area contributed by atoms with E-state index in [0.29, 0.717) is 26.3 Å². The highest BCUT2D eigenvalue weighted by molar-refractivity contribution is 9.10. The molecule has 1 saturated heterocycles. The number of hydrogen-bond donors (Lipinski definition) is 0. The van der Waals surface area contributed by atoms with Gasteiger partial charge in [-0.25, -0.2) is 0 Å². The minimum absolute atomic E-state index is 0.00493. The van der Waals surface area contributed by atoms with E-state index in [-0.39, 0.29) is 5.91 Å². The maximum atomic E-state index is 12.0. The lowest BCUT2D eigenvalue weighted by Gasteiger charge is -2.25. The minimum atomic E-state index is 0.00493. The molecule has 1 amide bonds. The van der Waals surface area contributed by atoms with E-state index in [2.05, 4.69) is 15.9 Å². The largest absolute Gasteiger partial charge is 0.496 e. The van der Waals surface area contributed by atoms with Crippen molar-refractivity contribution in [3.63, 3.8) is 0 Å². The first-order chi connectivity index (χ1) is 9.20. The van der Waals surface area contributed by atoms with Crippen LogP contribution in [0.5, 0.6) is 5.75 Å². The van der Waals surface area contributed by atoms with Crippen LogP contribution in [-0.4, -0.2) is 44.2 Å². The first-order valence-electron chi connectivity index (χ1n) is 6.09. The van der Waals surface area contributed by atoms with Gasteiger partial charge in [-0.05, 0) is 24.3 Å². The van der Waals surface area contributed by atoms with Gasteiger partial charge in [-0.2, -0.15) is 0 Å². The van der Waals surface area contributed by atoms with Crippen LogP contribution >= 0.6 is 15.9 Å². The van der Waals surface area contributed by atoms with E-state index >= 15 is 0 Å². The minimum Gasteiger partial charge on any atom is -0.496 e. The fraction of sp³-hybridized carbons (Fsp3) is 0.357. The van der Waals surface area contributed by atoms with E-state index in [0.717, 1.165) is 15.8 Å². The summed E-state index contributed by atoms with van der Waals surface area (Å²) in [5.41, 5.74) is 0.874. The molecular weight excluding hydrogens is 310 g/mol. The molecule has 0 aliphatic carbocycles. The van der Waals surface area contributed by atoms with Gasteiger partial charge >= 0.3 is 0 Å². The Bertz CT molecular complexity index is 482. The first kappa shape index (κ1) is 14.1. The van der Waals surface area contributed by atoms with Gasteiger partial charge in [0.2, 0.25) is 5.91 Å². The standard InChI is InChI=1S/C14H16BrNO3/c1-18-13-4-3-12(15)10-11(13)2-5-14(17)16-6-8-19-9-7-16/h2-5,10H,6-9H2,1H3/b5-2+. The van der Waals surface area contributed by atoms with Crippen molar-refractivity contribution in [1.82, 2.24) is 4.90 Å². The lowest BCUT2D eigenvalue weighted by Crippen LogP contribution is -2.39. The number of nitrogens with zero attached hydrogens (tertiary/aromatic N) is 1. The third-order valence-corrected chi connectivity index (χ3v) is 3.41. The fourth-order valence-corrected chi connectivity index (χ4v) is 2.26. The average molecular weight is 326 g/mol. The summed E-state index contributed by atoms with van der Waals surface area (Å²) in [7, 11) is 1.62. The second kappa shape index (κ2) is 6.73. The number of methoxy groups -OCH3 is 1. The first-order valence-corrected chi connectivity index (χ1v) is 6.88. The molecule has 102 valence electrons. The smallest absolute Gasteiger partial charge is 0.246 e. The van der Waals surface area contributed by atoms with Crippen molar-refractivity contribution in [2.75, 3.05) is 33.4 Å². The Balaban J connectivity index is 2.08. The van der Waals surface area contributed by atoms with Gasteiger partial charge in [0.1, 0.15) is 5.75 Å². The molecule has 1 aromatic carbocycles. The molecule has 5 heteroatoms. The van der Waals surface area contributed by atoms with Gasteiger partial charge in [0.05, 0.1) is 20.3 Å². The van der Waals surface area contributed by atoms with E-state index in [9.17, 15) is 4.79 Å². The van der Waals surface area contributed by atoms with Gasteiger partial charge in [0, 0.05) is 29.2 Å². The maximum absolute atomic E-state index is 12.0. The highest BCUT2D eigenvalue weighted by Crippen LogP contribution is 2.24. The van der Waals surface area contributed by atoms with Crippen molar-refractivity contribution < 1.29 is 14.3 Å². The topological polar surface area (TPSA) is 38.8 Å². The van der Waals surface area contributed by atoms with Crippen molar-refractivity contribution >= 4 is 27.9 Å². The Labute approximate surface area is 121 Å². The van der Waals surface area contributed by atoms with E-state index in [4.69, 9.17) is 9.47 Å². The third-order valence-electron chi connectivity index (χ3n) is 2.92. The molecule has 0 atom stereocenters. The molecule has 0 bridgehead atoms. The maximum Gasteiger partial charge on any atom is 0.246 e. The van der Waals surface area contributed by atoms with Gasteiger partial charge < -0.3 is 14.4 Å². The van der Waals surface area contributed by atoms with Crippen LogP contribution < -0.4 is 4.74 Å². The zero-order valence-electron chi connectivity index (χ0n) is 10.8. The Kier molecular flexibility index (Phi) is 4.99. The van der Waals surface area contributed by atoms with Gasteiger partial charge in [-0.15, -0.1) is 0 Å². The SMILES string of the molecule is COc1ccc(Br)cc1/C=C/C(=O)N1CCOCC1. The number of morpholine rings is 1. The molecule has 1 heterocycles. The van der Waals surface area contributed by atoms with Crippen LogP contribution in [-0.2, 0) is 9.53 Å². The molecule has 19 heavy (non-hydrogen) atoms. The van der Waals surface area contributed by atoms with Gasteiger partial charge in [0.25, 0.3) is 0 Å². The lowest BCUT2D eigenvalue weighted by atomic mass is 10.2. The Morgan fingerprint density at radius 2 is 2.16 bits per heavy atom. The zero-order valence-corrected chi connectivity index (χ0v) is 12.4. The fourth-order valence-electron chi connectivity index (χ4n) is 1.89. The predicted molar refractivity (Wildman–Crippen MR) is 77.1 cm³/mol. The summed E-state index contributed by atoms with van der Waals surface area (Å²) in [4.78, 5) is 13.8. The molecule has 1 aliphatic heterocycles. The monoisotopic (exact) mass is 325 g/mol. The molecular formula is C14H16BrNO3. The number of hydrogen-bond acceptors (Lipinski definition) is 3. The highest BCUT2D eigenvalue weighted by Gasteiger charge is 2.14. The molecule has 1 aliphatic rings. The van der Waals surface area contributed by atoms with E-state index in [1.165, 1.54) is 0 Å². The summed E-state index contributed by atoms with van der Waals surface area (Å²) in [6.45, 7) is 2.52. The molecule has 0 radical (unpaired) electrons. The molecule has 0 N–H and O–H groups in total. The highest BCUT2D eigenvalue weighted by atomic mass is 79.9. The second-order valence-electron chi connectivity index (χ2n) is 4.16. The summed E-state index contributed by atoms with van der Waals surface area (Å²) in [5, 5.41) is 0. The van der Waals surface area contributed by atoms with Crippen LogP contribution in [0, 0.1) is 0 Å². The number of amides is 1. The summed E-state index contributed by atoms with van der Waals surface area (Å²) >= 11 is 3.41. The summed E-state index contributed by atoms with van der Waals surface area (Å²) < 4.78 is 11.4. The van der Waals surface area contributed by atoms with Crippen molar-refractivity contribution in [3.05, 3.63) is 34.3 Å². The Morgan fingerprint density at radius 3 is 2.84 bits per heavy atom. The molecule has 2 rings (SSSR count). The summed E-state index contributed by atoms with van der Waals surface area (Å²) in [6.07, 6.45) is 3.36. The summed E-state index contributed by atoms with van der Waals surface area (Å²) in [6, 6.07) is 5.69. The molecule has 0 aromatic heterocycles. The molecule has 0 unspecified atom stereocenters. The number of carbonyl (C=O) groups excluding carboxylic acids is 1. The van der Waals surface area contributed by atoms with Gasteiger partial charge in [-0.3, -0.25) is 4.79 Å². The second-order valence-corrected chi connectivity index (χ2v) is 5.07. The summed E-state index contributed by atoms with van der Waals surface area (Å²) in [5.74, 6) is 0.750. The molecule has 4 nitrogen and oxygen atoms in total. The number of benzene rings is 1. The predicted octanol–water partition coefficient (Wildman–Crippen LogP) is 2.33. The van der Waals surface area contributed by atoms with Crippen LogP contribution in [0.25, 0.3) is 6.08 Å². The quantitative estimate of drug-likeness (QED) is 0.801. The number of rotatable bonds is 3. The van der Waals surface area contributed by atoms with E-state index < -0.39 is 0 Å². The van der Waals surface area contributed by atoms with Crippen molar-refractivity contribution in [3.8, 4) is 5.75 Å². The number of ether oxygens (including phenoxy) is 2. The molecule has 1 fully saturated rings. The molecule has 1 aromatic rings. The normalized spacial score (nSPS) is 15.8. The molecule has 0 spiro atoms. The van der Waals surface area contributed by atoms with Crippen LogP contribution in [0.3, 0.4) is 0 Å². The van der Waals surface area contributed by atoms with Crippen molar-refractivity contribution in [1.29, 1.82) is 0 Å². The Hall–Kier alpha value is -1.33. The van der Waals surface area contributed by atoms with Gasteiger partial charge in [-0.1, -0.05) is 15.9 Å². The van der Waals surface area contributed by atoms with Crippen molar-refractivity contribution in [2.45, 2.75) is 0 Å². The van der Waals surface area contributed by atoms with E-state index in [1.807, 2.05) is 18.2 Å². The van der Waals surface area contributed by atoms with Crippen LogP contribution in [0.2, 0.25) is 0 Å².